The molecule has 1 atom stereocenters. The fourth-order valence-corrected chi connectivity index (χ4v) is 4.42. The topological polar surface area (TPSA) is 37.6 Å². The van der Waals surface area contributed by atoms with Crippen LogP contribution in [0.3, 0.4) is 0 Å². The van der Waals surface area contributed by atoms with Crippen LogP contribution in [0.5, 0.6) is 0 Å². The number of aromatic nitrogens is 2. The molecule has 4 rings (SSSR count). The van der Waals surface area contributed by atoms with Gasteiger partial charge in [0.25, 0.3) is 0 Å². The molecule has 0 bridgehead atoms. The SMILES string of the molecule is Cc1ccc(-c2cn3c(CC(=O)N4CCCCC4C)csc3n2)cc1. The quantitative estimate of drug-likeness (QED) is 0.703. The molecule has 25 heavy (non-hydrogen) atoms. The second-order valence-corrected chi connectivity index (χ2v) is 7.82. The maximum absolute atomic E-state index is 12.7. The first-order valence-corrected chi connectivity index (χ1v) is 9.82. The summed E-state index contributed by atoms with van der Waals surface area (Å²) in [4.78, 5) is 20.5. The summed E-state index contributed by atoms with van der Waals surface area (Å²) < 4.78 is 2.08. The summed E-state index contributed by atoms with van der Waals surface area (Å²) in [6.45, 7) is 5.14. The average Bonchev–Trinajstić information content (AvgIpc) is 3.18. The van der Waals surface area contributed by atoms with E-state index in [1.54, 1.807) is 11.3 Å². The molecule has 0 radical (unpaired) electrons. The monoisotopic (exact) mass is 353 g/mol. The molecule has 0 spiro atoms. The second kappa shape index (κ2) is 6.64. The van der Waals surface area contributed by atoms with Crippen LogP contribution in [0.2, 0.25) is 0 Å². The van der Waals surface area contributed by atoms with E-state index in [0.717, 1.165) is 41.3 Å². The number of fused-ring (bicyclic) bond motifs is 1. The lowest BCUT2D eigenvalue weighted by atomic mass is 10.0. The van der Waals surface area contributed by atoms with E-state index in [1.165, 1.54) is 12.0 Å². The summed E-state index contributed by atoms with van der Waals surface area (Å²) in [5.74, 6) is 0.234. The van der Waals surface area contributed by atoms with Crippen LogP contribution >= 0.6 is 11.3 Å². The van der Waals surface area contributed by atoms with Gasteiger partial charge in [-0.15, -0.1) is 11.3 Å². The van der Waals surface area contributed by atoms with Gasteiger partial charge in [-0.05, 0) is 33.1 Å². The Balaban J connectivity index is 1.58. The van der Waals surface area contributed by atoms with E-state index in [-0.39, 0.29) is 5.91 Å². The fourth-order valence-electron chi connectivity index (χ4n) is 3.55. The maximum Gasteiger partial charge on any atom is 0.228 e. The molecule has 3 heterocycles. The Kier molecular flexibility index (Phi) is 4.34. The Labute approximate surface area is 152 Å². The van der Waals surface area contributed by atoms with Crippen LogP contribution < -0.4 is 0 Å². The lowest BCUT2D eigenvalue weighted by Gasteiger charge is -2.33. The fraction of sp³-hybridized carbons (Fsp3) is 0.400. The molecule has 1 saturated heterocycles. The minimum absolute atomic E-state index is 0.234. The maximum atomic E-state index is 12.7. The van der Waals surface area contributed by atoms with E-state index >= 15 is 0 Å². The Morgan fingerprint density at radius 1 is 1.28 bits per heavy atom. The first-order chi connectivity index (χ1) is 12.1. The average molecular weight is 353 g/mol. The third-order valence-corrected chi connectivity index (χ3v) is 5.98. The molecule has 4 nitrogen and oxygen atoms in total. The van der Waals surface area contributed by atoms with Gasteiger partial charge in [-0.1, -0.05) is 29.8 Å². The Morgan fingerprint density at radius 2 is 2.08 bits per heavy atom. The molecule has 1 aromatic carbocycles. The highest BCUT2D eigenvalue weighted by Crippen LogP contribution is 2.25. The van der Waals surface area contributed by atoms with Gasteiger partial charge in [0.2, 0.25) is 5.91 Å². The predicted octanol–water partition coefficient (Wildman–Crippen LogP) is 4.31. The number of carbonyl (C=O) groups excluding carboxylic acids is 1. The molecule has 2 aromatic heterocycles. The van der Waals surface area contributed by atoms with Gasteiger partial charge in [0.1, 0.15) is 0 Å². The van der Waals surface area contributed by atoms with E-state index < -0.39 is 0 Å². The van der Waals surface area contributed by atoms with Crippen molar-refractivity contribution in [2.75, 3.05) is 6.54 Å². The Morgan fingerprint density at radius 3 is 2.84 bits per heavy atom. The number of nitrogens with zero attached hydrogens (tertiary/aromatic N) is 3. The molecule has 0 N–H and O–H groups in total. The van der Waals surface area contributed by atoms with Crippen LogP contribution in [-0.2, 0) is 11.2 Å². The minimum Gasteiger partial charge on any atom is -0.340 e. The van der Waals surface area contributed by atoms with Crippen molar-refractivity contribution in [1.29, 1.82) is 0 Å². The molecule has 3 aromatic rings. The zero-order chi connectivity index (χ0) is 17.4. The zero-order valence-corrected chi connectivity index (χ0v) is 15.6. The number of hydrogen-bond donors (Lipinski definition) is 0. The number of imidazole rings is 1. The highest BCUT2D eigenvalue weighted by molar-refractivity contribution is 7.15. The van der Waals surface area contributed by atoms with Crippen molar-refractivity contribution in [2.45, 2.75) is 45.6 Å². The molecule has 1 amide bonds. The summed E-state index contributed by atoms with van der Waals surface area (Å²) in [6.07, 6.45) is 5.98. The Hall–Kier alpha value is -2.14. The molecule has 130 valence electrons. The second-order valence-electron chi connectivity index (χ2n) is 6.98. The van der Waals surface area contributed by atoms with Gasteiger partial charge in [-0.3, -0.25) is 9.20 Å². The van der Waals surface area contributed by atoms with Crippen LogP contribution in [0.4, 0.5) is 0 Å². The molecular formula is C20H23N3OS. The van der Waals surface area contributed by atoms with Crippen molar-refractivity contribution in [3.8, 4) is 11.3 Å². The number of thiazole rings is 1. The van der Waals surface area contributed by atoms with Crippen LogP contribution in [0.15, 0.2) is 35.8 Å². The summed E-state index contributed by atoms with van der Waals surface area (Å²) >= 11 is 1.60. The van der Waals surface area contributed by atoms with Crippen LogP contribution in [0, 0.1) is 6.92 Å². The number of carbonyl (C=O) groups is 1. The summed E-state index contributed by atoms with van der Waals surface area (Å²) in [5.41, 5.74) is 4.36. The first kappa shape index (κ1) is 16.3. The molecule has 0 saturated carbocycles. The minimum atomic E-state index is 0.234. The van der Waals surface area contributed by atoms with E-state index in [4.69, 9.17) is 4.98 Å². The van der Waals surface area contributed by atoms with Gasteiger partial charge in [-0.25, -0.2) is 4.98 Å². The van der Waals surface area contributed by atoms with Gasteiger partial charge in [0, 0.05) is 35.4 Å². The predicted molar refractivity (Wildman–Crippen MR) is 102 cm³/mol. The smallest absolute Gasteiger partial charge is 0.228 e. The van der Waals surface area contributed by atoms with Gasteiger partial charge in [0.05, 0.1) is 12.1 Å². The largest absolute Gasteiger partial charge is 0.340 e. The van der Waals surface area contributed by atoms with Crippen molar-refractivity contribution in [3.05, 3.63) is 47.1 Å². The summed E-state index contributed by atoms with van der Waals surface area (Å²) in [7, 11) is 0. The van der Waals surface area contributed by atoms with E-state index in [0.29, 0.717) is 12.5 Å². The highest BCUT2D eigenvalue weighted by Gasteiger charge is 2.24. The van der Waals surface area contributed by atoms with Crippen LogP contribution in [0.1, 0.15) is 37.4 Å². The van der Waals surface area contributed by atoms with Gasteiger partial charge >= 0.3 is 0 Å². The molecule has 1 aliphatic heterocycles. The number of amides is 1. The third-order valence-electron chi connectivity index (χ3n) is 5.09. The van der Waals surface area contributed by atoms with E-state index in [9.17, 15) is 4.79 Å². The molecule has 0 aliphatic carbocycles. The normalized spacial score (nSPS) is 18.0. The first-order valence-electron chi connectivity index (χ1n) is 8.94. The number of likely N-dealkylation sites (tertiary alicyclic amines) is 1. The number of hydrogen-bond acceptors (Lipinski definition) is 3. The van der Waals surface area contributed by atoms with Crippen molar-refractivity contribution in [3.63, 3.8) is 0 Å². The number of piperidine rings is 1. The molecule has 1 unspecified atom stereocenters. The van der Waals surface area contributed by atoms with Crippen molar-refractivity contribution in [1.82, 2.24) is 14.3 Å². The van der Waals surface area contributed by atoms with E-state index in [2.05, 4.69) is 54.1 Å². The van der Waals surface area contributed by atoms with Gasteiger partial charge < -0.3 is 4.90 Å². The Bertz CT molecular complexity index is 893. The number of rotatable bonds is 3. The van der Waals surface area contributed by atoms with E-state index in [1.807, 2.05) is 4.90 Å². The number of aryl methyl sites for hydroxylation is 1. The summed E-state index contributed by atoms with van der Waals surface area (Å²) in [5, 5.41) is 2.06. The molecule has 1 fully saturated rings. The van der Waals surface area contributed by atoms with Crippen molar-refractivity contribution < 1.29 is 4.79 Å². The van der Waals surface area contributed by atoms with Crippen molar-refractivity contribution >= 4 is 22.2 Å². The number of benzene rings is 1. The lowest BCUT2D eigenvalue weighted by molar-refractivity contribution is -0.133. The standard InChI is InChI=1S/C20H23N3OS/c1-14-6-8-16(9-7-14)18-12-23-17(13-25-20(23)21-18)11-19(24)22-10-4-3-5-15(22)2/h6-9,12-13,15H,3-5,10-11H2,1-2H3. The van der Waals surface area contributed by atoms with Crippen molar-refractivity contribution in [2.24, 2.45) is 0 Å². The molecule has 5 heteroatoms. The molecule has 1 aliphatic rings. The van der Waals surface area contributed by atoms with Gasteiger partial charge in [-0.2, -0.15) is 0 Å². The lowest BCUT2D eigenvalue weighted by Crippen LogP contribution is -2.42. The summed E-state index contributed by atoms with van der Waals surface area (Å²) in [6, 6.07) is 8.77. The van der Waals surface area contributed by atoms with Crippen LogP contribution in [-0.4, -0.2) is 32.8 Å². The highest BCUT2D eigenvalue weighted by atomic mass is 32.1. The third kappa shape index (κ3) is 3.21. The molecular weight excluding hydrogens is 330 g/mol. The van der Waals surface area contributed by atoms with Crippen LogP contribution in [0.25, 0.3) is 16.2 Å². The van der Waals surface area contributed by atoms with Gasteiger partial charge in [0.15, 0.2) is 4.96 Å². The zero-order valence-electron chi connectivity index (χ0n) is 14.7.